The van der Waals surface area contributed by atoms with Gasteiger partial charge in [0.1, 0.15) is 11.0 Å². The molecular formula is C12H17Cl2N3O. The lowest BCUT2D eigenvalue weighted by Crippen LogP contribution is -2.49. The van der Waals surface area contributed by atoms with Crippen LogP contribution in [0.2, 0.25) is 10.4 Å². The number of anilines is 1. The highest BCUT2D eigenvalue weighted by atomic mass is 35.5. The Bertz CT molecular complexity index is 417. The van der Waals surface area contributed by atoms with E-state index in [4.69, 9.17) is 23.2 Å². The first-order chi connectivity index (χ1) is 8.52. The van der Waals surface area contributed by atoms with Crippen LogP contribution in [0.5, 0.6) is 0 Å². The molecule has 18 heavy (non-hydrogen) atoms. The van der Waals surface area contributed by atoms with Gasteiger partial charge >= 0.3 is 0 Å². The number of halogens is 2. The molecule has 1 saturated heterocycles. The van der Waals surface area contributed by atoms with Gasteiger partial charge in [0, 0.05) is 12.1 Å². The molecule has 0 aliphatic carbocycles. The monoisotopic (exact) mass is 289 g/mol. The van der Waals surface area contributed by atoms with E-state index in [1.807, 2.05) is 0 Å². The largest absolute Gasteiger partial charge is 0.394 e. The molecule has 2 heterocycles. The molecule has 1 aliphatic rings. The normalized spacial score (nSPS) is 27.8. The first kappa shape index (κ1) is 13.8. The Morgan fingerprint density at radius 2 is 2.22 bits per heavy atom. The van der Waals surface area contributed by atoms with Gasteiger partial charge in [-0.2, -0.15) is 0 Å². The predicted octanol–water partition coefficient (Wildman–Crippen LogP) is 2.91. The first-order valence-electron chi connectivity index (χ1n) is 6.12. The maximum atomic E-state index is 9.75. The fraction of sp³-hybridized carbons (Fsp3) is 0.667. The smallest absolute Gasteiger partial charge is 0.225 e. The SMILES string of the molecule is CCC1(CO)CCC(C)N1c1cc(Cl)nc(Cl)n1. The van der Waals surface area contributed by atoms with Crippen LogP contribution in [0.15, 0.2) is 6.07 Å². The molecule has 0 saturated carbocycles. The lowest BCUT2D eigenvalue weighted by Gasteiger charge is -2.39. The molecule has 2 rings (SSSR count). The van der Waals surface area contributed by atoms with Gasteiger partial charge < -0.3 is 10.0 Å². The van der Waals surface area contributed by atoms with Crippen molar-refractivity contribution in [2.75, 3.05) is 11.5 Å². The van der Waals surface area contributed by atoms with Crippen molar-refractivity contribution in [2.24, 2.45) is 0 Å². The average Bonchev–Trinajstić information content (AvgIpc) is 2.65. The molecule has 1 aliphatic heterocycles. The standard InChI is InChI=1S/C12H17Cl2N3O/c1-3-12(7-18)5-4-8(2)17(12)10-6-9(13)15-11(14)16-10/h6,8,18H,3-5,7H2,1-2H3. The fourth-order valence-electron chi connectivity index (χ4n) is 2.78. The number of hydrogen-bond acceptors (Lipinski definition) is 4. The van der Waals surface area contributed by atoms with E-state index in [0.717, 1.165) is 19.3 Å². The molecule has 2 atom stereocenters. The summed E-state index contributed by atoms with van der Waals surface area (Å²) < 4.78 is 0. The summed E-state index contributed by atoms with van der Waals surface area (Å²) in [7, 11) is 0. The van der Waals surface area contributed by atoms with Crippen molar-refractivity contribution in [2.45, 2.75) is 44.7 Å². The lowest BCUT2D eigenvalue weighted by atomic mass is 9.94. The summed E-state index contributed by atoms with van der Waals surface area (Å²) in [5, 5.41) is 10.2. The van der Waals surface area contributed by atoms with Crippen molar-refractivity contribution in [1.29, 1.82) is 0 Å². The van der Waals surface area contributed by atoms with Gasteiger partial charge in [-0.3, -0.25) is 0 Å². The van der Waals surface area contributed by atoms with E-state index in [2.05, 4.69) is 28.7 Å². The van der Waals surface area contributed by atoms with E-state index in [0.29, 0.717) is 17.0 Å². The van der Waals surface area contributed by atoms with E-state index in [9.17, 15) is 5.11 Å². The molecule has 0 amide bonds. The van der Waals surface area contributed by atoms with Crippen molar-refractivity contribution >= 4 is 29.0 Å². The van der Waals surface area contributed by atoms with Gasteiger partial charge in [-0.25, -0.2) is 9.97 Å². The zero-order valence-electron chi connectivity index (χ0n) is 10.5. The number of aromatic nitrogens is 2. The van der Waals surface area contributed by atoms with Gasteiger partial charge in [-0.05, 0) is 37.8 Å². The molecule has 6 heteroatoms. The topological polar surface area (TPSA) is 49.2 Å². The molecule has 1 N–H and O–H groups in total. The van der Waals surface area contributed by atoms with Gasteiger partial charge in [0.25, 0.3) is 0 Å². The third kappa shape index (κ3) is 2.29. The minimum Gasteiger partial charge on any atom is -0.394 e. The van der Waals surface area contributed by atoms with Crippen LogP contribution in [0.4, 0.5) is 5.82 Å². The zero-order valence-corrected chi connectivity index (χ0v) is 12.0. The molecule has 1 aromatic heterocycles. The van der Waals surface area contributed by atoms with Crippen LogP contribution in [0, 0.1) is 0 Å². The molecule has 4 nitrogen and oxygen atoms in total. The van der Waals surface area contributed by atoms with Crippen molar-refractivity contribution in [3.05, 3.63) is 16.5 Å². The minimum atomic E-state index is -0.263. The molecule has 0 radical (unpaired) electrons. The summed E-state index contributed by atoms with van der Waals surface area (Å²) in [4.78, 5) is 10.2. The number of aliphatic hydroxyl groups is 1. The van der Waals surface area contributed by atoms with Gasteiger partial charge in [0.2, 0.25) is 5.28 Å². The maximum Gasteiger partial charge on any atom is 0.225 e. The van der Waals surface area contributed by atoms with Crippen LogP contribution >= 0.6 is 23.2 Å². The van der Waals surface area contributed by atoms with Crippen molar-refractivity contribution in [3.63, 3.8) is 0 Å². The van der Waals surface area contributed by atoms with Crippen LogP contribution in [-0.2, 0) is 0 Å². The van der Waals surface area contributed by atoms with Gasteiger partial charge in [0.05, 0.1) is 12.1 Å². The van der Waals surface area contributed by atoms with E-state index in [-0.39, 0.29) is 17.4 Å². The number of hydrogen-bond donors (Lipinski definition) is 1. The molecule has 2 unspecified atom stereocenters. The third-order valence-corrected chi connectivity index (χ3v) is 4.20. The van der Waals surface area contributed by atoms with Crippen LogP contribution < -0.4 is 4.90 Å². The summed E-state index contributed by atoms with van der Waals surface area (Å²) in [6.07, 6.45) is 2.82. The van der Waals surface area contributed by atoms with Crippen LogP contribution in [0.1, 0.15) is 33.1 Å². The molecule has 1 fully saturated rings. The van der Waals surface area contributed by atoms with Gasteiger partial charge in [0.15, 0.2) is 0 Å². The zero-order chi connectivity index (χ0) is 13.3. The number of nitrogens with zero attached hydrogens (tertiary/aromatic N) is 3. The molecule has 1 aromatic rings. The predicted molar refractivity (Wildman–Crippen MR) is 73.3 cm³/mol. The van der Waals surface area contributed by atoms with Crippen LogP contribution in [0.25, 0.3) is 0 Å². The van der Waals surface area contributed by atoms with E-state index in [1.165, 1.54) is 0 Å². The highest BCUT2D eigenvalue weighted by Crippen LogP contribution is 2.40. The Hall–Kier alpha value is -0.580. The Morgan fingerprint density at radius 3 is 2.78 bits per heavy atom. The molecule has 100 valence electrons. The van der Waals surface area contributed by atoms with Crippen LogP contribution in [0.3, 0.4) is 0 Å². The number of rotatable bonds is 3. The molecule has 0 aromatic carbocycles. The summed E-state index contributed by atoms with van der Waals surface area (Å²) in [6.45, 7) is 4.30. The summed E-state index contributed by atoms with van der Waals surface area (Å²) in [5.41, 5.74) is -0.263. The second-order valence-corrected chi connectivity index (χ2v) is 5.54. The highest BCUT2D eigenvalue weighted by Gasteiger charge is 2.43. The van der Waals surface area contributed by atoms with E-state index >= 15 is 0 Å². The third-order valence-electron chi connectivity index (χ3n) is 3.83. The van der Waals surface area contributed by atoms with Gasteiger partial charge in [-0.1, -0.05) is 18.5 Å². The Kier molecular flexibility index (Phi) is 3.99. The second kappa shape index (κ2) is 5.19. The lowest BCUT2D eigenvalue weighted by molar-refractivity contribution is 0.190. The Balaban J connectivity index is 2.45. The Morgan fingerprint density at radius 1 is 1.50 bits per heavy atom. The average molecular weight is 290 g/mol. The van der Waals surface area contributed by atoms with Crippen molar-refractivity contribution in [3.8, 4) is 0 Å². The van der Waals surface area contributed by atoms with Crippen molar-refractivity contribution < 1.29 is 5.11 Å². The molecule has 0 spiro atoms. The quantitative estimate of drug-likeness (QED) is 0.687. The summed E-state index contributed by atoms with van der Waals surface area (Å²) in [6, 6.07) is 2.01. The maximum absolute atomic E-state index is 9.75. The van der Waals surface area contributed by atoms with E-state index < -0.39 is 0 Å². The van der Waals surface area contributed by atoms with E-state index in [1.54, 1.807) is 6.07 Å². The molecular weight excluding hydrogens is 273 g/mol. The first-order valence-corrected chi connectivity index (χ1v) is 6.88. The Labute approximate surface area is 117 Å². The minimum absolute atomic E-state index is 0.104. The second-order valence-electron chi connectivity index (χ2n) is 4.81. The molecule has 0 bridgehead atoms. The van der Waals surface area contributed by atoms with Crippen molar-refractivity contribution in [1.82, 2.24) is 9.97 Å². The fourth-order valence-corrected chi connectivity index (χ4v) is 3.18. The summed E-state index contributed by atoms with van der Waals surface area (Å²) in [5.74, 6) is 0.695. The highest BCUT2D eigenvalue weighted by molar-refractivity contribution is 6.32. The van der Waals surface area contributed by atoms with Gasteiger partial charge in [-0.15, -0.1) is 0 Å². The number of aliphatic hydroxyl groups excluding tert-OH is 1. The van der Waals surface area contributed by atoms with Crippen LogP contribution in [-0.4, -0.2) is 33.3 Å². The summed E-state index contributed by atoms with van der Waals surface area (Å²) >= 11 is 11.8.